The Kier molecular flexibility index (Phi) is 6.98. The van der Waals surface area contributed by atoms with Crippen molar-refractivity contribution in [3.8, 4) is 17.2 Å². The van der Waals surface area contributed by atoms with E-state index >= 15 is 0 Å². The van der Waals surface area contributed by atoms with Gasteiger partial charge in [0.1, 0.15) is 23.3 Å². The summed E-state index contributed by atoms with van der Waals surface area (Å²) in [5.74, 6) is 0.311. The summed E-state index contributed by atoms with van der Waals surface area (Å²) in [5.41, 5.74) is 2.31. The summed E-state index contributed by atoms with van der Waals surface area (Å²) in [7, 11) is 3.03. The van der Waals surface area contributed by atoms with Crippen molar-refractivity contribution in [3.63, 3.8) is 0 Å². The van der Waals surface area contributed by atoms with Gasteiger partial charge in [-0.15, -0.1) is 13.2 Å². The zero-order chi connectivity index (χ0) is 25.2. The molecular formula is C25H22ClF3N2O4. The third-order valence-electron chi connectivity index (χ3n) is 5.56. The van der Waals surface area contributed by atoms with Crippen molar-refractivity contribution in [2.24, 2.45) is 0 Å². The largest absolute Gasteiger partial charge is 0.573 e. The number of benzene rings is 3. The van der Waals surface area contributed by atoms with Crippen LogP contribution in [0.4, 0.5) is 24.5 Å². The third kappa shape index (κ3) is 5.74. The number of ether oxygens (including phenoxy) is 3. The highest BCUT2D eigenvalue weighted by Crippen LogP contribution is 2.37. The maximum atomic E-state index is 13.8. The number of methoxy groups -OCH3 is 2. The van der Waals surface area contributed by atoms with Gasteiger partial charge in [0.15, 0.2) is 0 Å². The summed E-state index contributed by atoms with van der Waals surface area (Å²) in [4.78, 5) is 15.3. The molecule has 1 atom stereocenters. The minimum Gasteiger partial charge on any atom is -0.497 e. The number of amides is 1. The van der Waals surface area contributed by atoms with Gasteiger partial charge in [-0.05, 0) is 35.7 Å². The molecule has 1 aliphatic heterocycles. The number of nitrogens with zero attached hydrogens (tertiary/aromatic N) is 1. The van der Waals surface area contributed by atoms with Gasteiger partial charge in [0, 0.05) is 41.5 Å². The second kappa shape index (κ2) is 9.95. The lowest BCUT2D eigenvalue weighted by Gasteiger charge is -2.26. The Morgan fingerprint density at radius 3 is 2.23 bits per heavy atom. The Hall–Kier alpha value is -3.59. The van der Waals surface area contributed by atoms with E-state index in [4.69, 9.17) is 21.1 Å². The van der Waals surface area contributed by atoms with Crippen LogP contribution in [-0.4, -0.2) is 33.0 Å². The van der Waals surface area contributed by atoms with Crippen LogP contribution in [-0.2, 0) is 11.2 Å². The highest BCUT2D eigenvalue weighted by Gasteiger charge is 2.34. The van der Waals surface area contributed by atoms with E-state index < -0.39 is 12.4 Å². The van der Waals surface area contributed by atoms with Crippen LogP contribution in [0.15, 0.2) is 60.7 Å². The fourth-order valence-corrected chi connectivity index (χ4v) is 4.07. The lowest BCUT2D eigenvalue weighted by Crippen LogP contribution is -2.37. The monoisotopic (exact) mass is 506 g/mol. The summed E-state index contributed by atoms with van der Waals surface area (Å²) in [5, 5.41) is 3.72. The molecule has 0 saturated carbocycles. The fourth-order valence-electron chi connectivity index (χ4n) is 3.94. The number of nitrogens with one attached hydrogen (secondary N) is 1. The fraction of sp³-hybridized carbons (Fsp3) is 0.240. The lowest BCUT2D eigenvalue weighted by atomic mass is 10.0. The number of alkyl halides is 3. The van der Waals surface area contributed by atoms with Crippen molar-refractivity contribution < 1.29 is 32.2 Å². The van der Waals surface area contributed by atoms with Gasteiger partial charge < -0.3 is 24.4 Å². The normalized spacial score (nSPS) is 13.7. The molecule has 6 nitrogen and oxygen atoms in total. The summed E-state index contributed by atoms with van der Waals surface area (Å²) >= 11 is 6.04. The van der Waals surface area contributed by atoms with E-state index in [2.05, 4.69) is 10.1 Å². The molecule has 184 valence electrons. The number of hydrogen-bond acceptors (Lipinski definition) is 5. The lowest BCUT2D eigenvalue weighted by molar-refractivity contribution is -0.274. The van der Waals surface area contributed by atoms with Gasteiger partial charge >= 0.3 is 6.36 Å². The Balaban J connectivity index is 1.70. The van der Waals surface area contributed by atoms with Crippen LogP contribution in [0.5, 0.6) is 17.2 Å². The number of carbonyl (C=O) groups excluding carboxylic acids is 1. The SMILES string of the molecule is COc1cc(NC(C(=O)N2CCc3ccc(OC(F)(F)F)cc32)c2ccc(Cl)cc2)cc(OC)c1. The average molecular weight is 507 g/mol. The van der Waals surface area contributed by atoms with Crippen LogP contribution in [0.3, 0.4) is 0 Å². The molecule has 0 bridgehead atoms. The summed E-state index contributed by atoms with van der Waals surface area (Å²) in [6, 6.07) is 15.0. The third-order valence-corrected chi connectivity index (χ3v) is 5.82. The molecule has 10 heteroatoms. The molecule has 0 spiro atoms. The summed E-state index contributed by atoms with van der Waals surface area (Å²) in [6.07, 6.45) is -4.33. The number of halogens is 4. The van der Waals surface area contributed by atoms with Crippen LogP contribution in [0.25, 0.3) is 0 Å². The topological polar surface area (TPSA) is 60.0 Å². The molecule has 0 aromatic heterocycles. The van der Waals surface area contributed by atoms with Gasteiger partial charge in [0.2, 0.25) is 0 Å². The van der Waals surface area contributed by atoms with E-state index in [1.807, 2.05) is 0 Å². The number of anilines is 2. The van der Waals surface area contributed by atoms with E-state index in [0.717, 1.165) is 5.56 Å². The van der Waals surface area contributed by atoms with E-state index in [0.29, 0.717) is 46.4 Å². The summed E-state index contributed by atoms with van der Waals surface area (Å²) in [6.45, 7) is 0.316. The van der Waals surface area contributed by atoms with Gasteiger partial charge in [0.25, 0.3) is 5.91 Å². The second-order valence-corrected chi connectivity index (χ2v) is 8.24. The molecule has 1 aliphatic rings. The second-order valence-electron chi connectivity index (χ2n) is 7.81. The first-order chi connectivity index (χ1) is 16.7. The van der Waals surface area contributed by atoms with Crippen LogP contribution in [0.2, 0.25) is 5.02 Å². The smallest absolute Gasteiger partial charge is 0.497 e. The number of fused-ring (bicyclic) bond motifs is 1. The first kappa shape index (κ1) is 24.5. The van der Waals surface area contributed by atoms with Crippen molar-refractivity contribution >= 4 is 28.9 Å². The van der Waals surface area contributed by atoms with Gasteiger partial charge in [-0.1, -0.05) is 29.8 Å². The van der Waals surface area contributed by atoms with Crippen molar-refractivity contribution in [1.29, 1.82) is 0 Å². The van der Waals surface area contributed by atoms with E-state index in [1.165, 1.54) is 31.3 Å². The number of rotatable bonds is 7. The quantitative estimate of drug-likeness (QED) is 0.426. The van der Waals surface area contributed by atoms with E-state index in [1.54, 1.807) is 48.5 Å². The van der Waals surface area contributed by atoms with Crippen LogP contribution >= 0.6 is 11.6 Å². The molecule has 0 saturated heterocycles. The standard InChI is InChI=1S/C25H22ClF3N2O4/c1-33-20-11-18(12-21(13-20)34-2)30-23(16-3-6-17(26)7-4-16)24(32)31-10-9-15-5-8-19(14-22(15)31)35-25(27,28)29/h3-8,11-14,23,30H,9-10H2,1-2H3. The molecule has 1 N–H and O–H groups in total. The van der Waals surface area contributed by atoms with Crippen LogP contribution in [0, 0.1) is 0 Å². The number of carbonyl (C=O) groups is 1. The minimum atomic E-state index is -4.83. The molecule has 1 amide bonds. The van der Waals surface area contributed by atoms with Crippen molar-refractivity contribution in [1.82, 2.24) is 0 Å². The van der Waals surface area contributed by atoms with Crippen molar-refractivity contribution in [2.45, 2.75) is 18.8 Å². The average Bonchev–Trinajstić information content (AvgIpc) is 3.24. The molecule has 3 aromatic rings. The number of hydrogen-bond donors (Lipinski definition) is 1. The predicted octanol–water partition coefficient (Wildman–Crippen LogP) is 6.00. The highest BCUT2D eigenvalue weighted by molar-refractivity contribution is 6.30. The molecule has 35 heavy (non-hydrogen) atoms. The predicted molar refractivity (Wildman–Crippen MR) is 127 cm³/mol. The molecule has 1 unspecified atom stereocenters. The molecule has 4 rings (SSSR count). The maximum absolute atomic E-state index is 13.8. The molecule has 3 aromatic carbocycles. The zero-order valence-corrected chi connectivity index (χ0v) is 19.6. The maximum Gasteiger partial charge on any atom is 0.573 e. The van der Waals surface area contributed by atoms with Gasteiger partial charge in [0.05, 0.1) is 19.9 Å². The van der Waals surface area contributed by atoms with E-state index in [-0.39, 0.29) is 11.7 Å². The van der Waals surface area contributed by atoms with Gasteiger partial charge in [-0.3, -0.25) is 4.79 Å². The zero-order valence-electron chi connectivity index (χ0n) is 18.9. The summed E-state index contributed by atoms with van der Waals surface area (Å²) < 4.78 is 53.0. The minimum absolute atomic E-state index is 0.316. The molecular weight excluding hydrogens is 485 g/mol. The Bertz CT molecular complexity index is 1200. The molecule has 0 fully saturated rings. The molecule has 1 heterocycles. The Labute approximate surface area is 205 Å². The Morgan fingerprint density at radius 1 is 0.971 bits per heavy atom. The molecule has 0 aliphatic carbocycles. The van der Waals surface area contributed by atoms with Gasteiger partial charge in [-0.2, -0.15) is 0 Å². The van der Waals surface area contributed by atoms with E-state index in [9.17, 15) is 18.0 Å². The Morgan fingerprint density at radius 2 is 1.63 bits per heavy atom. The highest BCUT2D eigenvalue weighted by atomic mass is 35.5. The van der Waals surface area contributed by atoms with Crippen molar-refractivity contribution in [3.05, 3.63) is 76.8 Å². The van der Waals surface area contributed by atoms with Crippen LogP contribution < -0.4 is 24.4 Å². The first-order valence-corrected chi connectivity index (χ1v) is 11.0. The van der Waals surface area contributed by atoms with Crippen LogP contribution in [0.1, 0.15) is 17.2 Å². The van der Waals surface area contributed by atoms with Gasteiger partial charge in [-0.25, -0.2) is 0 Å². The first-order valence-electron chi connectivity index (χ1n) is 10.6. The molecule has 0 radical (unpaired) electrons. The van der Waals surface area contributed by atoms with Crippen molar-refractivity contribution in [2.75, 3.05) is 31.0 Å².